The van der Waals surface area contributed by atoms with Crippen molar-refractivity contribution >= 4 is 11.8 Å². The van der Waals surface area contributed by atoms with Crippen LogP contribution in [0.5, 0.6) is 0 Å². The fraction of sp³-hybridized carbons (Fsp3) is 0.625. The molecule has 0 aliphatic carbocycles. The van der Waals surface area contributed by atoms with Crippen LogP contribution in [0.3, 0.4) is 0 Å². The molecule has 5 heteroatoms. The van der Waals surface area contributed by atoms with Gasteiger partial charge in [-0.3, -0.25) is 9.59 Å². The molecule has 1 aromatic rings. The number of carbonyl (C=O) groups excluding carboxylic acids is 2. The third-order valence-corrected chi connectivity index (χ3v) is 4.07. The largest absolute Gasteiger partial charge is 0.466 e. The summed E-state index contributed by atoms with van der Waals surface area (Å²) in [7, 11) is 0. The highest BCUT2D eigenvalue weighted by atomic mass is 16.3. The summed E-state index contributed by atoms with van der Waals surface area (Å²) in [6.07, 6.45) is 1.89. The van der Waals surface area contributed by atoms with Crippen LogP contribution in [-0.2, 0) is 9.59 Å². The molecule has 0 bridgehead atoms. The average molecular weight is 292 g/mol. The summed E-state index contributed by atoms with van der Waals surface area (Å²) in [5.41, 5.74) is 1.02. The van der Waals surface area contributed by atoms with Crippen LogP contribution in [0.2, 0.25) is 0 Å². The van der Waals surface area contributed by atoms with Crippen molar-refractivity contribution in [1.29, 1.82) is 0 Å². The van der Waals surface area contributed by atoms with E-state index in [9.17, 15) is 9.59 Å². The monoisotopic (exact) mass is 292 g/mol. The molecule has 2 amide bonds. The van der Waals surface area contributed by atoms with Crippen LogP contribution in [0, 0.1) is 13.8 Å². The number of carbonyl (C=O) groups is 2. The van der Waals surface area contributed by atoms with Gasteiger partial charge in [0.2, 0.25) is 11.8 Å². The summed E-state index contributed by atoms with van der Waals surface area (Å²) in [6, 6.07) is 1.49. The van der Waals surface area contributed by atoms with Gasteiger partial charge >= 0.3 is 0 Å². The Morgan fingerprint density at radius 2 is 2.14 bits per heavy atom. The zero-order valence-corrected chi connectivity index (χ0v) is 13.2. The summed E-state index contributed by atoms with van der Waals surface area (Å²) >= 11 is 0. The average Bonchev–Trinajstić information content (AvgIpc) is 2.69. The molecule has 1 N–H and O–H groups in total. The van der Waals surface area contributed by atoms with Gasteiger partial charge in [-0.25, -0.2) is 0 Å². The van der Waals surface area contributed by atoms with Gasteiger partial charge in [-0.1, -0.05) is 13.3 Å². The number of amides is 2. The number of furan rings is 1. The SMILES string of the molecule is CCCC1NC(=O)CCN(C(C)c2cc(C)oc2C)C1=O. The standard InChI is InChI=1S/C16H24N2O3/c1-5-6-14-16(20)18(8-7-15(19)17-14)11(3)13-9-10(2)21-12(13)4/h9,11,14H,5-8H2,1-4H3,(H,17,19). The number of nitrogens with zero attached hydrogens (tertiary/aromatic N) is 1. The van der Waals surface area contributed by atoms with Gasteiger partial charge in [-0.2, -0.15) is 0 Å². The van der Waals surface area contributed by atoms with Gasteiger partial charge < -0.3 is 14.6 Å². The van der Waals surface area contributed by atoms with Crippen LogP contribution in [0.1, 0.15) is 56.2 Å². The molecule has 2 unspecified atom stereocenters. The molecule has 1 aliphatic rings. The molecule has 2 heterocycles. The molecule has 1 aliphatic heterocycles. The third kappa shape index (κ3) is 3.28. The Morgan fingerprint density at radius 3 is 2.71 bits per heavy atom. The van der Waals surface area contributed by atoms with Crippen LogP contribution in [0.15, 0.2) is 10.5 Å². The first kappa shape index (κ1) is 15.6. The van der Waals surface area contributed by atoms with Crippen molar-refractivity contribution in [3.8, 4) is 0 Å². The molecule has 1 aromatic heterocycles. The van der Waals surface area contributed by atoms with E-state index in [0.717, 1.165) is 23.5 Å². The molecular weight excluding hydrogens is 268 g/mol. The lowest BCUT2D eigenvalue weighted by molar-refractivity contribution is -0.135. The van der Waals surface area contributed by atoms with E-state index in [0.29, 0.717) is 19.4 Å². The number of aryl methyl sites for hydroxylation is 2. The van der Waals surface area contributed by atoms with Crippen molar-refractivity contribution in [2.45, 2.75) is 59.0 Å². The zero-order chi connectivity index (χ0) is 15.6. The minimum Gasteiger partial charge on any atom is -0.466 e. The zero-order valence-electron chi connectivity index (χ0n) is 13.2. The van der Waals surface area contributed by atoms with E-state index < -0.39 is 6.04 Å². The molecule has 1 saturated heterocycles. The minimum absolute atomic E-state index is 0.00783. The summed E-state index contributed by atoms with van der Waals surface area (Å²) in [6.45, 7) is 8.28. The van der Waals surface area contributed by atoms with E-state index in [1.54, 1.807) is 4.90 Å². The molecule has 1 fully saturated rings. The normalized spacial score (nSPS) is 21.1. The highest BCUT2D eigenvalue weighted by Gasteiger charge is 2.33. The highest BCUT2D eigenvalue weighted by Crippen LogP contribution is 2.28. The lowest BCUT2D eigenvalue weighted by Crippen LogP contribution is -2.45. The van der Waals surface area contributed by atoms with Crippen molar-refractivity contribution in [2.75, 3.05) is 6.54 Å². The Balaban J connectivity index is 2.25. The summed E-state index contributed by atoms with van der Waals surface area (Å²) < 4.78 is 5.57. The molecular formula is C16H24N2O3. The maximum absolute atomic E-state index is 12.7. The number of hydrogen-bond acceptors (Lipinski definition) is 3. The van der Waals surface area contributed by atoms with Crippen LogP contribution in [-0.4, -0.2) is 29.3 Å². The summed E-state index contributed by atoms with van der Waals surface area (Å²) in [5.74, 6) is 1.64. The van der Waals surface area contributed by atoms with E-state index in [-0.39, 0.29) is 17.9 Å². The first-order valence-corrected chi connectivity index (χ1v) is 7.60. The molecule has 116 valence electrons. The Kier molecular flexibility index (Phi) is 4.70. The number of rotatable bonds is 4. The Labute approximate surface area is 125 Å². The van der Waals surface area contributed by atoms with Gasteiger partial charge in [0.1, 0.15) is 17.6 Å². The van der Waals surface area contributed by atoms with Gasteiger partial charge in [0, 0.05) is 18.5 Å². The van der Waals surface area contributed by atoms with Crippen molar-refractivity contribution in [3.05, 3.63) is 23.2 Å². The van der Waals surface area contributed by atoms with Crippen molar-refractivity contribution in [3.63, 3.8) is 0 Å². The van der Waals surface area contributed by atoms with Crippen LogP contribution >= 0.6 is 0 Å². The quantitative estimate of drug-likeness (QED) is 0.927. The second-order valence-electron chi connectivity index (χ2n) is 5.73. The Hall–Kier alpha value is -1.78. The first-order valence-electron chi connectivity index (χ1n) is 7.60. The van der Waals surface area contributed by atoms with E-state index in [1.165, 1.54) is 0 Å². The molecule has 5 nitrogen and oxygen atoms in total. The molecule has 0 radical (unpaired) electrons. The van der Waals surface area contributed by atoms with Crippen LogP contribution in [0.4, 0.5) is 0 Å². The second kappa shape index (κ2) is 6.33. The predicted octanol–water partition coefficient (Wildman–Crippen LogP) is 2.47. The summed E-state index contributed by atoms with van der Waals surface area (Å²) in [4.78, 5) is 26.3. The Morgan fingerprint density at radius 1 is 1.43 bits per heavy atom. The topological polar surface area (TPSA) is 62.6 Å². The smallest absolute Gasteiger partial charge is 0.245 e. The van der Waals surface area contributed by atoms with Crippen molar-refractivity contribution < 1.29 is 14.0 Å². The molecule has 0 saturated carbocycles. The van der Waals surface area contributed by atoms with Gasteiger partial charge in [0.05, 0.1) is 6.04 Å². The lowest BCUT2D eigenvalue weighted by Gasteiger charge is -2.29. The van der Waals surface area contributed by atoms with Crippen molar-refractivity contribution in [1.82, 2.24) is 10.2 Å². The molecule has 2 atom stereocenters. The maximum atomic E-state index is 12.7. The first-order chi connectivity index (χ1) is 9.93. The predicted molar refractivity (Wildman–Crippen MR) is 79.8 cm³/mol. The van der Waals surface area contributed by atoms with E-state index in [4.69, 9.17) is 4.42 Å². The number of nitrogens with one attached hydrogen (secondary N) is 1. The third-order valence-electron chi connectivity index (χ3n) is 4.07. The fourth-order valence-electron chi connectivity index (χ4n) is 2.96. The van der Waals surface area contributed by atoms with Crippen molar-refractivity contribution in [2.24, 2.45) is 0 Å². The van der Waals surface area contributed by atoms with Crippen LogP contribution < -0.4 is 5.32 Å². The van der Waals surface area contributed by atoms with E-state index in [2.05, 4.69) is 5.32 Å². The number of hydrogen-bond donors (Lipinski definition) is 1. The van der Waals surface area contributed by atoms with Gasteiger partial charge in [-0.05, 0) is 33.3 Å². The van der Waals surface area contributed by atoms with E-state index >= 15 is 0 Å². The molecule has 0 spiro atoms. The maximum Gasteiger partial charge on any atom is 0.245 e. The van der Waals surface area contributed by atoms with E-state index in [1.807, 2.05) is 33.8 Å². The molecule has 21 heavy (non-hydrogen) atoms. The van der Waals surface area contributed by atoms with Gasteiger partial charge in [-0.15, -0.1) is 0 Å². The molecule has 0 aromatic carbocycles. The van der Waals surface area contributed by atoms with Crippen LogP contribution in [0.25, 0.3) is 0 Å². The summed E-state index contributed by atoms with van der Waals surface area (Å²) in [5, 5.41) is 2.83. The minimum atomic E-state index is -0.402. The molecule has 2 rings (SSSR count). The van der Waals surface area contributed by atoms with Gasteiger partial charge in [0.15, 0.2) is 0 Å². The Bertz CT molecular complexity index is 536. The lowest BCUT2D eigenvalue weighted by atomic mass is 10.1. The second-order valence-corrected chi connectivity index (χ2v) is 5.73. The highest BCUT2D eigenvalue weighted by molar-refractivity contribution is 5.90. The fourth-order valence-corrected chi connectivity index (χ4v) is 2.96. The van der Waals surface area contributed by atoms with Gasteiger partial charge in [0.25, 0.3) is 0 Å².